The summed E-state index contributed by atoms with van der Waals surface area (Å²) >= 11 is 8.76. The fourth-order valence-electron chi connectivity index (χ4n) is 2.35. The third-order valence-corrected chi connectivity index (χ3v) is 4.49. The number of nitrogens with zero attached hydrogens (tertiary/aromatic N) is 2. The number of anilines is 1. The molecular weight excluding hydrogens is 376 g/mol. The lowest BCUT2D eigenvalue weighted by molar-refractivity contribution is -0.121. The molecule has 0 unspecified atom stereocenters. The molecule has 2 aromatic rings. The Balaban J connectivity index is 2.14. The zero-order valence-corrected chi connectivity index (χ0v) is 14.6. The van der Waals surface area contributed by atoms with Crippen molar-refractivity contribution in [1.29, 1.82) is 0 Å². The molecule has 0 bridgehead atoms. The predicted molar refractivity (Wildman–Crippen MR) is 98.1 cm³/mol. The maximum Gasteiger partial charge on any atom is 0.276 e. The third kappa shape index (κ3) is 2.87. The van der Waals surface area contributed by atoms with Crippen molar-refractivity contribution in [2.45, 2.75) is 0 Å². The van der Waals surface area contributed by atoms with Crippen LogP contribution in [0.1, 0.15) is 5.56 Å². The van der Waals surface area contributed by atoms with Gasteiger partial charge in [0.2, 0.25) is 0 Å². The highest BCUT2D eigenvalue weighted by atomic mass is 79.9. The number of halogens is 1. The molecule has 1 fully saturated rings. The summed E-state index contributed by atoms with van der Waals surface area (Å²) in [6.45, 7) is 0. The molecule has 0 radical (unpaired) electrons. The van der Waals surface area contributed by atoms with Crippen LogP contribution in [-0.4, -0.2) is 28.1 Å². The first-order chi connectivity index (χ1) is 11.0. The number of aromatic hydroxyl groups is 1. The van der Waals surface area contributed by atoms with E-state index >= 15 is 0 Å². The number of rotatable bonds is 2. The zero-order chi connectivity index (χ0) is 16.6. The molecule has 1 aliphatic rings. The number of amides is 1. The van der Waals surface area contributed by atoms with Gasteiger partial charge in [-0.1, -0.05) is 34.1 Å². The van der Waals surface area contributed by atoms with Crippen molar-refractivity contribution in [3.8, 4) is 5.75 Å². The van der Waals surface area contributed by atoms with Gasteiger partial charge < -0.3 is 5.11 Å². The number of hydrogen-bond donors (Lipinski definition) is 1. The van der Waals surface area contributed by atoms with Gasteiger partial charge >= 0.3 is 0 Å². The van der Waals surface area contributed by atoms with Crippen molar-refractivity contribution in [2.24, 2.45) is 0 Å². The molecule has 6 heteroatoms. The van der Waals surface area contributed by atoms with Gasteiger partial charge in [0.05, 0.1) is 0 Å². The van der Waals surface area contributed by atoms with E-state index in [1.165, 1.54) is 4.90 Å². The monoisotopic (exact) mass is 388 g/mol. The average molecular weight is 389 g/mol. The Bertz CT molecular complexity index is 821. The van der Waals surface area contributed by atoms with Crippen LogP contribution in [0.2, 0.25) is 0 Å². The van der Waals surface area contributed by atoms with Gasteiger partial charge in [0.1, 0.15) is 11.4 Å². The molecule has 1 saturated heterocycles. The van der Waals surface area contributed by atoms with Crippen molar-refractivity contribution in [1.82, 2.24) is 4.90 Å². The van der Waals surface area contributed by atoms with E-state index in [2.05, 4.69) is 15.9 Å². The molecule has 0 saturated carbocycles. The highest BCUT2D eigenvalue weighted by Crippen LogP contribution is 2.31. The second-order valence-electron chi connectivity index (χ2n) is 5.05. The summed E-state index contributed by atoms with van der Waals surface area (Å²) in [7, 11) is 1.64. The van der Waals surface area contributed by atoms with Crippen LogP contribution in [0.25, 0.3) is 6.08 Å². The van der Waals surface area contributed by atoms with Crippen molar-refractivity contribution in [3.05, 3.63) is 64.3 Å². The second kappa shape index (κ2) is 6.14. The van der Waals surface area contributed by atoms with Gasteiger partial charge in [-0.15, -0.1) is 0 Å². The van der Waals surface area contributed by atoms with Crippen molar-refractivity contribution < 1.29 is 9.90 Å². The van der Waals surface area contributed by atoms with E-state index in [1.807, 2.05) is 30.3 Å². The fraction of sp³-hybridized carbons (Fsp3) is 0.0588. The maximum atomic E-state index is 12.5. The first-order valence-corrected chi connectivity index (χ1v) is 8.06. The van der Waals surface area contributed by atoms with Crippen LogP contribution < -0.4 is 4.90 Å². The van der Waals surface area contributed by atoms with Gasteiger partial charge in [0, 0.05) is 22.8 Å². The summed E-state index contributed by atoms with van der Waals surface area (Å²) in [5, 5.41) is 10.4. The Morgan fingerprint density at radius 1 is 1.17 bits per heavy atom. The van der Waals surface area contributed by atoms with Crippen LogP contribution in [0, 0.1) is 0 Å². The molecule has 2 aromatic carbocycles. The summed E-state index contributed by atoms with van der Waals surface area (Å²) in [5.74, 6) is -0.111. The number of phenols is 1. The normalized spacial score (nSPS) is 16.5. The minimum atomic E-state index is -0.210. The van der Waals surface area contributed by atoms with Gasteiger partial charge in [-0.2, -0.15) is 0 Å². The van der Waals surface area contributed by atoms with Gasteiger partial charge in [0.25, 0.3) is 5.91 Å². The van der Waals surface area contributed by atoms with E-state index in [1.54, 1.807) is 36.2 Å². The predicted octanol–water partition coefficient (Wildman–Crippen LogP) is 3.76. The van der Waals surface area contributed by atoms with E-state index < -0.39 is 0 Å². The summed E-state index contributed by atoms with van der Waals surface area (Å²) in [6.07, 6.45) is 1.64. The second-order valence-corrected chi connectivity index (χ2v) is 6.33. The summed E-state index contributed by atoms with van der Waals surface area (Å²) in [4.78, 5) is 15.7. The highest BCUT2D eigenvalue weighted by Gasteiger charge is 2.36. The Morgan fingerprint density at radius 2 is 1.87 bits per heavy atom. The van der Waals surface area contributed by atoms with Crippen molar-refractivity contribution >= 4 is 50.9 Å². The van der Waals surface area contributed by atoms with E-state index in [4.69, 9.17) is 12.2 Å². The SMILES string of the molecule is CN1C(=O)C(=Cc2cc(Br)ccc2O)N(c2ccccc2)C1=S. The molecule has 1 amide bonds. The van der Waals surface area contributed by atoms with Crippen LogP contribution in [0.4, 0.5) is 5.69 Å². The number of likely N-dealkylation sites (N-methyl/N-ethyl adjacent to an activating group) is 1. The topological polar surface area (TPSA) is 43.8 Å². The zero-order valence-electron chi connectivity index (χ0n) is 12.2. The number of phenolic OH excluding ortho intramolecular Hbond substituents is 1. The Labute approximate surface area is 147 Å². The summed E-state index contributed by atoms with van der Waals surface area (Å²) in [6, 6.07) is 14.5. The maximum absolute atomic E-state index is 12.5. The molecule has 23 heavy (non-hydrogen) atoms. The molecule has 0 spiro atoms. The van der Waals surface area contributed by atoms with E-state index in [0.717, 1.165) is 10.2 Å². The molecule has 1 heterocycles. The third-order valence-electron chi connectivity index (χ3n) is 3.54. The molecule has 1 aliphatic heterocycles. The van der Waals surface area contributed by atoms with Crippen LogP contribution in [0.3, 0.4) is 0 Å². The molecule has 1 N–H and O–H groups in total. The molecule has 0 aliphatic carbocycles. The first-order valence-electron chi connectivity index (χ1n) is 6.86. The molecule has 3 rings (SSSR count). The Kier molecular flexibility index (Phi) is 4.19. The van der Waals surface area contributed by atoms with Crippen LogP contribution in [0.15, 0.2) is 58.7 Å². The first kappa shape index (κ1) is 15.7. The van der Waals surface area contributed by atoms with Crippen LogP contribution in [-0.2, 0) is 4.79 Å². The van der Waals surface area contributed by atoms with E-state index in [9.17, 15) is 9.90 Å². The average Bonchev–Trinajstić information content (AvgIpc) is 2.76. The quantitative estimate of drug-likeness (QED) is 0.628. The largest absolute Gasteiger partial charge is 0.507 e. The van der Waals surface area contributed by atoms with Crippen LogP contribution in [0.5, 0.6) is 5.75 Å². The number of carbonyl (C=O) groups excluding carboxylic acids is 1. The standard InChI is InChI=1S/C17H13BrN2O2S/c1-19-16(22)14(10-11-9-12(18)7-8-15(11)21)20(17(19)23)13-5-3-2-4-6-13/h2-10,21H,1H3. The number of carbonyl (C=O) groups is 1. The number of para-hydroxylation sites is 1. The summed E-state index contributed by atoms with van der Waals surface area (Å²) < 4.78 is 0.815. The van der Waals surface area contributed by atoms with Crippen molar-refractivity contribution in [2.75, 3.05) is 11.9 Å². The van der Waals surface area contributed by atoms with E-state index in [0.29, 0.717) is 16.4 Å². The number of thiocarbonyl (C=S) groups is 1. The van der Waals surface area contributed by atoms with Gasteiger partial charge in [-0.05, 0) is 48.6 Å². The van der Waals surface area contributed by atoms with Gasteiger partial charge in [-0.25, -0.2) is 0 Å². The van der Waals surface area contributed by atoms with Crippen LogP contribution >= 0.6 is 28.1 Å². The molecule has 4 nitrogen and oxygen atoms in total. The highest BCUT2D eigenvalue weighted by molar-refractivity contribution is 9.10. The smallest absolute Gasteiger partial charge is 0.276 e. The molecule has 0 aromatic heterocycles. The lowest BCUT2D eigenvalue weighted by Gasteiger charge is -2.18. The van der Waals surface area contributed by atoms with Crippen molar-refractivity contribution in [3.63, 3.8) is 0 Å². The lowest BCUT2D eigenvalue weighted by Crippen LogP contribution is -2.29. The fourth-order valence-corrected chi connectivity index (χ4v) is 3.01. The molecule has 116 valence electrons. The van der Waals surface area contributed by atoms with Gasteiger partial charge in [0.15, 0.2) is 5.11 Å². The number of benzene rings is 2. The summed E-state index contributed by atoms with van der Waals surface area (Å²) in [5.41, 5.74) is 1.75. The van der Waals surface area contributed by atoms with E-state index in [-0.39, 0.29) is 11.7 Å². The Morgan fingerprint density at radius 3 is 2.57 bits per heavy atom. The minimum Gasteiger partial charge on any atom is -0.507 e. The Hall–Kier alpha value is -2.18. The molecular formula is C17H13BrN2O2S. The van der Waals surface area contributed by atoms with Gasteiger partial charge in [-0.3, -0.25) is 14.6 Å². The number of hydrogen-bond acceptors (Lipinski definition) is 3. The lowest BCUT2D eigenvalue weighted by atomic mass is 10.1. The minimum absolute atomic E-state index is 0.0991. The molecule has 0 atom stereocenters.